The number of hydrogen-bond donors (Lipinski definition) is 1. The minimum Gasteiger partial charge on any atom is -0.480 e. The van der Waals surface area contributed by atoms with E-state index in [1.54, 1.807) is 0 Å². The average Bonchev–Trinajstić information content (AvgIpc) is 3.04. The van der Waals surface area contributed by atoms with E-state index in [-0.39, 0.29) is 24.3 Å². The van der Waals surface area contributed by atoms with Crippen LogP contribution in [0.25, 0.3) is 0 Å². The van der Waals surface area contributed by atoms with E-state index >= 15 is 0 Å². The van der Waals surface area contributed by atoms with Gasteiger partial charge in [-0.2, -0.15) is 0 Å². The summed E-state index contributed by atoms with van der Waals surface area (Å²) in [6.07, 6.45) is 4.54. The zero-order valence-corrected chi connectivity index (χ0v) is 12.0. The summed E-state index contributed by atoms with van der Waals surface area (Å²) in [5.74, 6) is -1.63. The van der Waals surface area contributed by atoms with Gasteiger partial charge in [0.2, 0.25) is 11.8 Å². The number of aliphatic carboxylic acids is 1. The molecule has 2 rings (SSSR count). The van der Waals surface area contributed by atoms with Crippen LogP contribution in [-0.4, -0.2) is 58.4 Å². The second-order valence-electron chi connectivity index (χ2n) is 5.85. The smallest absolute Gasteiger partial charge is 0.326 e. The maximum absolute atomic E-state index is 12.3. The quantitative estimate of drug-likeness (QED) is 0.823. The van der Waals surface area contributed by atoms with E-state index in [9.17, 15) is 14.4 Å². The van der Waals surface area contributed by atoms with Gasteiger partial charge in [0, 0.05) is 26.1 Å². The van der Waals surface area contributed by atoms with Crippen LogP contribution in [0.5, 0.6) is 0 Å². The second-order valence-corrected chi connectivity index (χ2v) is 5.85. The first-order chi connectivity index (χ1) is 9.41. The number of likely N-dealkylation sites (N-methyl/N-ethyl adjacent to an activating group) is 1. The number of carbonyl (C=O) groups excluding carboxylic acids is 2. The number of hydrogen-bond acceptors (Lipinski definition) is 3. The number of likely N-dealkylation sites (tertiary alicyclic amines) is 1. The van der Waals surface area contributed by atoms with Crippen molar-refractivity contribution in [3.8, 4) is 0 Å². The van der Waals surface area contributed by atoms with E-state index in [1.807, 2.05) is 4.90 Å². The van der Waals surface area contributed by atoms with E-state index in [2.05, 4.69) is 0 Å². The molecule has 1 aliphatic carbocycles. The normalized spacial score (nSPS) is 25.0. The Hall–Kier alpha value is -1.59. The number of carboxylic acid groups (broad SMARTS) is 1. The molecule has 1 heterocycles. The van der Waals surface area contributed by atoms with E-state index in [0.717, 1.165) is 25.7 Å². The maximum atomic E-state index is 12.3. The molecule has 6 heteroatoms. The summed E-state index contributed by atoms with van der Waals surface area (Å²) in [5.41, 5.74) is 0. The van der Waals surface area contributed by atoms with E-state index in [0.29, 0.717) is 6.54 Å². The van der Waals surface area contributed by atoms with Crippen LogP contribution in [0, 0.1) is 5.92 Å². The van der Waals surface area contributed by atoms with Crippen molar-refractivity contribution < 1.29 is 19.5 Å². The van der Waals surface area contributed by atoms with E-state index in [4.69, 9.17) is 5.11 Å². The summed E-state index contributed by atoms with van der Waals surface area (Å²) in [7, 11) is 1.49. The standard InChI is InChI=1S/C14H22N2O4/c1-9(14(19)20)15(2)13(18)10-7-12(17)16(8-10)11-5-3-4-6-11/h9-11H,3-8H2,1-2H3,(H,19,20)/t9-,10+/m0/s1. The number of carboxylic acids is 1. The molecule has 1 N–H and O–H groups in total. The lowest BCUT2D eigenvalue weighted by molar-refractivity contribution is -0.149. The molecule has 0 radical (unpaired) electrons. The zero-order valence-electron chi connectivity index (χ0n) is 12.0. The molecule has 2 atom stereocenters. The molecule has 1 saturated carbocycles. The zero-order chi connectivity index (χ0) is 14.9. The predicted molar refractivity (Wildman–Crippen MR) is 71.9 cm³/mol. The first-order valence-corrected chi connectivity index (χ1v) is 7.20. The van der Waals surface area contributed by atoms with Crippen LogP contribution in [0.15, 0.2) is 0 Å². The number of amides is 2. The molecular formula is C14H22N2O4. The van der Waals surface area contributed by atoms with Gasteiger partial charge in [0.15, 0.2) is 0 Å². The Balaban J connectivity index is 1.98. The third-order valence-corrected chi connectivity index (χ3v) is 4.56. The summed E-state index contributed by atoms with van der Waals surface area (Å²) >= 11 is 0. The fraction of sp³-hybridized carbons (Fsp3) is 0.786. The van der Waals surface area contributed by atoms with E-state index in [1.165, 1.54) is 18.9 Å². The first-order valence-electron chi connectivity index (χ1n) is 7.20. The fourth-order valence-corrected chi connectivity index (χ4v) is 3.11. The van der Waals surface area contributed by atoms with Gasteiger partial charge in [-0.25, -0.2) is 4.79 Å². The molecule has 0 aromatic rings. The van der Waals surface area contributed by atoms with Crippen molar-refractivity contribution in [3.05, 3.63) is 0 Å². The summed E-state index contributed by atoms with van der Waals surface area (Å²) in [5, 5.41) is 8.95. The van der Waals surface area contributed by atoms with Gasteiger partial charge < -0.3 is 14.9 Å². The van der Waals surface area contributed by atoms with Gasteiger partial charge in [0.25, 0.3) is 0 Å². The predicted octanol–water partition coefficient (Wildman–Crippen LogP) is 0.709. The Morgan fingerprint density at radius 1 is 1.35 bits per heavy atom. The largest absolute Gasteiger partial charge is 0.480 e. The van der Waals surface area contributed by atoms with Crippen molar-refractivity contribution in [2.24, 2.45) is 5.92 Å². The van der Waals surface area contributed by atoms with Gasteiger partial charge in [-0.15, -0.1) is 0 Å². The highest BCUT2D eigenvalue weighted by atomic mass is 16.4. The molecule has 2 amide bonds. The number of nitrogens with zero attached hydrogens (tertiary/aromatic N) is 2. The Morgan fingerprint density at radius 3 is 2.50 bits per heavy atom. The molecule has 1 aliphatic heterocycles. The number of rotatable bonds is 4. The lowest BCUT2D eigenvalue weighted by Gasteiger charge is -2.26. The molecule has 0 bridgehead atoms. The van der Waals surface area contributed by atoms with Gasteiger partial charge in [0.1, 0.15) is 6.04 Å². The third kappa shape index (κ3) is 2.78. The van der Waals surface area contributed by atoms with Crippen molar-refractivity contribution in [2.75, 3.05) is 13.6 Å². The van der Waals surface area contributed by atoms with E-state index < -0.39 is 17.9 Å². The van der Waals surface area contributed by atoms with Crippen LogP contribution < -0.4 is 0 Å². The van der Waals surface area contributed by atoms with Gasteiger partial charge in [0.05, 0.1) is 5.92 Å². The van der Waals surface area contributed by atoms with Gasteiger partial charge in [-0.1, -0.05) is 12.8 Å². The minimum absolute atomic E-state index is 0.0339. The van der Waals surface area contributed by atoms with Crippen LogP contribution in [0.1, 0.15) is 39.0 Å². The highest BCUT2D eigenvalue weighted by Crippen LogP contribution is 2.30. The molecule has 2 fully saturated rings. The SMILES string of the molecule is C[C@@H](C(=O)O)N(C)C(=O)[C@@H]1CC(=O)N(C2CCCC2)C1. The molecule has 0 unspecified atom stereocenters. The molecule has 0 aromatic carbocycles. The first kappa shape index (κ1) is 14.8. The summed E-state index contributed by atoms with van der Waals surface area (Å²) in [6.45, 7) is 1.92. The monoisotopic (exact) mass is 282 g/mol. The van der Waals surface area contributed by atoms with Crippen LogP contribution in [0.4, 0.5) is 0 Å². The summed E-state index contributed by atoms with van der Waals surface area (Å²) in [6, 6.07) is -0.583. The van der Waals surface area contributed by atoms with Crippen LogP contribution in [0.3, 0.4) is 0 Å². The summed E-state index contributed by atoms with van der Waals surface area (Å²) < 4.78 is 0. The van der Waals surface area contributed by atoms with Crippen molar-refractivity contribution in [2.45, 2.75) is 51.1 Å². The highest BCUT2D eigenvalue weighted by Gasteiger charge is 2.40. The van der Waals surface area contributed by atoms with Crippen molar-refractivity contribution >= 4 is 17.8 Å². The minimum atomic E-state index is -1.03. The molecule has 0 aromatic heterocycles. The van der Waals surface area contributed by atoms with Gasteiger partial charge in [-0.3, -0.25) is 9.59 Å². The second kappa shape index (κ2) is 5.81. The average molecular weight is 282 g/mol. The molecular weight excluding hydrogens is 260 g/mol. The lowest BCUT2D eigenvalue weighted by Crippen LogP contribution is -2.44. The molecule has 20 heavy (non-hydrogen) atoms. The molecule has 112 valence electrons. The fourth-order valence-electron chi connectivity index (χ4n) is 3.11. The Labute approximate surface area is 118 Å². The Bertz CT molecular complexity index is 417. The highest BCUT2D eigenvalue weighted by molar-refractivity contribution is 5.91. The van der Waals surface area contributed by atoms with Gasteiger partial charge >= 0.3 is 5.97 Å². The Morgan fingerprint density at radius 2 is 1.95 bits per heavy atom. The molecule has 1 saturated heterocycles. The van der Waals surface area contributed by atoms with Crippen LogP contribution in [-0.2, 0) is 14.4 Å². The van der Waals surface area contributed by atoms with Crippen molar-refractivity contribution in [3.63, 3.8) is 0 Å². The lowest BCUT2D eigenvalue weighted by atomic mass is 10.1. The maximum Gasteiger partial charge on any atom is 0.326 e. The third-order valence-electron chi connectivity index (χ3n) is 4.56. The Kier molecular flexibility index (Phi) is 4.30. The summed E-state index contributed by atoms with van der Waals surface area (Å²) in [4.78, 5) is 38.3. The van der Waals surface area contributed by atoms with Crippen LogP contribution in [0.2, 0.25) is 0 Å². The topological polar surface area (TPSA) is 77.9 Å². The van der Waals surface area contributed by atoms with Crippen molar-refractivity contribution in [1.29, 1.82) is 0 Å². The molecule has 2 aliphatic rings. The van der Waals surface area contributed by atoms with Gasteiger partial charge in [-0.05, 0) is 19.8 Å². The van der Waals surface area contributed by atoms with Crippen molar-refractivity contribution in [1.82, 2.24) is 9.80 Å². The molecule has 0 spiro atoms. The number of carbonyl (C=O) groups is 3. The van der Waals surface area contributed by atoms with Crippen LogP contribution >= 0.6 is 0 Å². The molecule has 6 nitrogen and oxygen atoms in total.